The zero-order valence-corrected chi connectivity index (χ0v) is 7.10. The van der Waals surface area contributed by atoms with Gasteiger partial charge in [0.2, 0.25) is 0 Å². The van der Waals surface area contributed by atoms with E-state index in [0.717, 1.165) is 5.70 Å². The minimum absolute atomic E-state index is 0.449. The van der Waals surface area contributed by atoms with Crippen molar-refractivity contribution in [2.24, 2.45) is 11.5 Å². The highest BCUT2D eigenvalue weighted by molar-refractivity contribution is 7.84. The van der Waals surface area contributed by atoms with Gasteiger partial charge in [-0.1, -0.05) is 0 Å². The smallest absolute Gasteiger partial charge is 0.0645 e. The van der Waals surface area contributed by atoms with Crippen molar-refractivity contribution in [2.45, 2.75) is 0 Å². The van der Waals surface area contributed by atoms with Crippen LogP contribution in [0, 0.1) is 0 Å². The minimum atomic E-state index is 0.449. The van der Waals surface area contributed by atoms with Crippen LogP contribution in [0.4, 0.5) is 0 Å². The zero-order valence-electron chi connectivity index (χ0n) is 6.20. The number of nitrogens with zero attached hydrogens (tertiary/aromatic N) is 1. The third-order valence-corrected chi connectivity index (χ3v) is 1.11. The maximum absolute atomic E-state index is 5.31. The third kappa shape index (κ3) is 3.29. The van der Waals surface area contributed by atoms with Crippen LogP contribution in [0.25, 0.3) is 0 Å². The van der Waals surface area contributed by atoms with Crippen molar-refractivity contribution in [3.8, 4) is 0 Å². The summed E-state index contributed by atoms with van der Waals surface area (Å²) in [5.41, 5.74) is 11.4. The molecule has 0 amide bonds. The minimum Gasteiger partial charge on any atom is -0.403 e. The van der Waals surface area contributed by atoms with Crippen molar-refractivity contribution in [1.29, 1.82) is 0 Å². The molecule has 0 heterocycles. The van der Waals surface area contributed by atoms with Crippen LogP contribution in [0.5, 0.6) is 0 Å². The van der Waals surface area contributed by atoms with Crippen LogP contribution in [-0.2, 0) is 0 Å². The molecule has 0 unspecified atom stereocenters. The van der Waals surface area contributed by atoms with Gasteiger partial charge in [0.05, 0.1) is 10.7 Å². The summed E-state index contributed by atoms with van der Waals surface area (Å²) in [5.74, 6) is 0. The van der Waals surface area contributed by atoms with Gasteiger partial charge in [-0.2, -0.15) is 0 Å². The fourth-order valence-corrected chi connectivity index (χ4v) is 0.610. The Kier molecular flexibility index (Phi) is 3.79. The lowest BCUT2D eigenvalue weighted by atomic mass is 10.4. The second-order valence-corrected chi connectivity index (χ2v) is 2.57. The molecule has 0 spiro atoms. The average Bonchev–Trinajstić information content (AvgIpc) is 1.81. The fourth-order valence-electron chi connectivity index (χ4n) is 0.478. The molecule has 0 aromatic heterocycles. The van der Waals surface area contributed by atoms with Gasteiger partial charge in [-0.15, -0.1) is 12.6 Å². The number of likely N-dealkylation sites (N-methyl/N-ethyl adjacent to an activating group) is 1. The van der Waals surface area contributed by atoms with Gasteiger partial charge in [-0.25, -0.2) is 0 Å². The molecule has 0 fully saturated rings. The molecule has 0 bridgehead atoms. The van der Waals surface area contributed by atoms with Crippen LogP contribution in [0.15, 0.2) is 23.0 Å². The lowest BCUT2D eigenvalue weighted by molar-refractivity contribution is 0.528. The zero-order chi connectivity index (χ0) is 8.15. The van der Waals surface area contributed by atoms with Gasteiger partial charge in [0, 0.05) is 20.3 Å². The van der Waals surface area contributed by atoms with E-state index in [1.54, 1.807) is 6.08 Å². The van der Waals surface area contributed by atoms with E-state index in [-0.39, 0.29) is 0 Å². The second-order valence-electron chi connectivity index (χ2n) is 2.06. The predicted octanol–water partition coefficient (Wildman–Crippen LogP) is 0.0780. The number of thiol groups is 1. The van der Waals surface area contributed by atoms with E-state index in [9.17, 15) is 0 Å². The summed E-state index contributed by atoms with van der Waals surface area (Å²) in [6, 6.07) is 0. The summed E-state index contributed by atoms with van der Waals surface area (Å²) < 4.78 is 0. The highest BCUT2D eigenvalue weighted by Gasteiger charge is 1.92. The van der Waals surface area contributed by atoms with Gasteiger partial charge in [0.25, 0.3) is 0 Å². The molecule has 0 radical (unpaired) electrons. The summed E-state index contributed by atoms with van der Waals surface area (Å²) in [7, 11) is 3.76. The molecule has 0 saturated carbocycles. The van der Waals surface area contributed by atoms with Gasteiger partial charge in [-0.05, 0) is 6.08 Å². The Morgan fingerprint density at radius 3 is 2.10 bits per heavy atom. The van der Waals surface area contributed by atoms with Crippen LogP contribution in [-0.4, -0.2) is 19.0 Å². The molecule has 0 saturated heterocycles. The Morgan fingerprint density at radius 2 is 2.00 bits per heavy atom. The van der Waals surface area contributed by atoms with Gasteiger partial charge in [0.1, 0.15) is 0 Å². The monoisotopic (exact) mass is 159 g/mol. The highest BCUT2D eigenvalue weighted by atomic mass is 32.1. The summed E-state index contributed by atoms with van der Waals surface area (Å²) in [6.45, 7) is 0. The quantitative estimate of drug-likeness (QED) is 0.395. The number of hydrogen-bond donors (Lipinski definition) is 3. The van der Waals surface area contributed by atoms with E-state index in [1.165, 1.54) is 6.20 Å². The number of allylic oxidation sites excluding steroid dienone is 1. The fraction of sp³-hybridized carbons (Fsp3) is 0.333. The maximum atomic E-state index is 5.31. The van der Waals surface area contributed by atoms with Crippen LogP contribution in [0.2, 0.25) is 0 Å². The molecule has 0 aliphatic rings. The maximum Gasteiger partial charge on any atom is 0.0645 e. The topological polar surface area (TPSA) is 55.3 Å². The molecule has 0 aliphatic heterocycles. The van der Waals surface area contributed by atoms with E-state index >= 15 is 0 Å². The first kappa shape index (κ1) is 9.23. The molecule has 4 N–H and O–H groups in total. The Morgan fingerprint density at radius 1 is 1.50 bits per heavy atom. The van der Waals surface area contributed by atoms with Crippen molar-refractivity contribution in [1.82, 2.24) is 4.90 Å². The van der Waals surface area contributed by atoms with Crippen LogP contribution in [0.1, 0.15) is 0 Å². The van der Waals surface area contributed by atoms with E-state index in [4.69, 9.17) is 11.5 Å². The first-order valence-electron chi connectivity index (χ1n) is 2.83. The lowest BCUT2D eigenvalue weighted by Crippen LogP contribution is -2.11. The largest absolute Gasteiger partial charge is 0.403 e. The third-order valence-electron chi connectivity index (χ3n) is 0.983. The first-order valence-corrected chi connectivity index (χ1v) is 3.28. The molecule has 0 rings (SSSR count). The number of hydrogen-bond acceptors (Lipinski definition) is 4. The van der Waals surface area contributed by atoms with Crippen molar-refractivity contribution in [3.05, 3.63) is 23.0 Å². The highest BCUT2D eigenvalue weighted by Crippen LogP contribution is 2.01. The normalized spacial score (nSPS) is 13.5. The first-order chi connectivity index (χ1) is 4.57. The summed E-state index contributed by atoms with van der Waals surface area (Å²) in [4.78, 5) is 1.85. The van der Waals surface area contributed by atoms with Crippen LogP contribution >= 0.6 is 12.6 Å². The molecule has 0 atom stereocenters. The molecule has 4 heteroatoms. The molecular formula is C6H13N3S. The Balaban J connectivity index is 4.26. The molecule has 3 nitrogen and oxygen atoms in total. The van der Waals surface area contributed by atoms with Crippen molar-refractivity contribution >= 4 is 12.6 Å². The van der Waals surface area contributed by atoms with Gasteiger partial charge >= 0.3 is 0 Å². The van der Waals surface area contributed by atoms with E-state index in [2.05, 4.69) is 12.6 Å². The summed E-state index contributed by atoms with van der Waals surface area (Å²) >= 11 is 3.90. The van der Waals surface area contributed by atoms with Crippen molar-refractivity contribution < 1.29 is 0 Å². The van der Waals surface area contributed by atoms with Gasteiger partial charge in [0.15, 0.2) is 0 Å². The molecule has 58 valence electrons. The molecular weight excluding hydrogens is 146 g/mol. The van der Waals surface area contributed by atoms with Crippen LogP contribution in [0.3, 0.4) is 0 Å². The molecule has 10 heavy (non-hydrogen) atoms. The standard InChI is InChI=1S/C6H13N3S/c1-9(2)5(4-7)3-6(8)10/h3-4,10H,7-8H2,1-2H3/b5-4+,6-3+. The van der Waals surface area contributed by atoms with E-state index in [1.807, 2.05) is 19.0 Å². The number of nitrogens with two attached hydrogens (primary N) is 2. The molecule has 0 aromatic carbocycles. The molecule has 0 aromatic rings. The number of rotatable bonds is 2. The van der Waals surface area contributed by atoms with E-state index in [0.29, 0.717) is 5.03 Å². The van der Waals surface area contributed by atoms with E-state index < -0.39 is 0 Å². The van der Waals surface area contributed by atoms with Gasteiger partial charge in [-0.3, -0.25) is 0 Å². The lowest BCUT2D eigenvalue weighted by Gasteiger charge is -2.12. The van der Waals surface area contributed by atoms with Crippen molar-refractivity contribution in [2.75, 3.05) is 14.1 Å². The Hall–Kier alpha value is -0.770. The second kappa shape index (κ2) is 4.11. The Labute approximate surface area is 66.8 Å². The SMILES string of the molecule is CN(C)C(/C=C(\N)S)=C/N. The van der Waals surface area contributed by atoms with Crippen molar-refractivity contribution in [3.63, 3.8) is 0 Å². The summed E-state index contributed by atoms with van der Waals surface area (Å²) in [5, 5.41) is 0.449. The van der Waals surface area contributed by atoms with Crippen LogP contribution < -0.4 is 11.5 Å². The Bertz CT molecular complexity index is 156. The summed E-state index contributed by atoms with van der Waals surface area (Å²) in [6.07, 6.45) is 3.16. The molecule has 0 aliphatic carbocycles. The predicted molar refractivity (Wildman–Crippen MR) is 47.2 cm³/mol. The van der Waals surface area contributed by atoms with Gasteiger partial charge < -0.3 is 16.4 Å². The average molecular weight is 159 g/mol.